The summed E-state index contributed by atoms with van der Waals surface area (Å²) in [7, 11) is 1.37. The smallest absolute Gasteiger partial charge is 0.306 e. The molecule has 0 rings (SSSR count). The number of hydrogen-bond donors (Lipinski definition) is 0. The van der Waals surface area contributed by atoms with E-state index in [1.807, 2.05) is 21.1 Å². The largest absolute Gasteiger partial charge is 0.756 e. The van der Waals surface area contributed by atoms with Gasteiger partial charge >= 0.3 is 5.97 Å². The maximum Gasteiger partial charge on any atom is 0.306 e. The van der Waals surface area contributed by atoms with E-state index < -0.39 is 13.9 Å². The highest BCUT2D eigenvalue weighted by atomic mass is 31.2. The zero-order valence-electron chi connectivity index (χ0n) is 49.4. The van der Waals surface area contributed by atoms with Crippen molar-refractivity contribution in [1.29, 1.82) is 0 Å². The number of unbranched alkanes of at least 4 members (excludes halogenated alkanes) is 40. The normalized spacial score (nSPS) is 13.6. The Bertz CT molecular complexity index is 1260. The molecule has 0 saturated carbocycles. The van der Waals surface area contributed by atoms with Crippen LogP contribution in [0.5, 0.6) is 0 Å². The van der Waals surface area contributed by atoms with Gasteiger partial charge in [0.2, 0.25) is 0 Å². The van der Waals surface area contributed by atoms with Crippen LogP contribution in [0.2, 0.25) is 0 Å². The van der Waals surface area contributed by atoms with Gasteiger partial charge in [0.05, 0.1) is 34.4 Å². The van der Waals surface area contributed by atoms with Crippen molar-refractivity contribution >= 4 is 13.8 Å². The maximum atomic E-state index is 12.8. The lowest BCUT2D eigenvalue weighted by molar-refractivity contribution is -0.870. The molecule has 0 aromatic heterocycles. The number of phosphoric ester groups is 1. The fraction of sp³-hybridized carbons (Fsp3) is 0.891. The quantitative estimate of drug-likeness (QED) is 0.0197. The molecule has 0 fully saturated rings. The number of hydrogen-bond acceptors (Lipinski definition) is 7. The number of allylic oxidation sites excluding steroid dienone is 6. The van der Waals surface area contributed by atoms with Crippen LogP contribution in [0.15, 0.2) is 36.5 Å². The van der Waals surface area contributed by atoms with Crippen molar-refractivity contribution in [2.75, 3.05) is 54.1 Å². The average molecular weight is 1050 g/mol. The second-order valence-corrected chi connectivity index (χ2v) is 24.2. The number of phosphoric acid groups is 1. The SMILES string of the molecule is CCCCCCC/C=C\C/C=C\CCCCCCCCCCCCCCCC(=O)OC(COCCCCCCCCCCCCCCCC/C=C\CCCCCCCCCC)COP(=O)([O-])OCC[N+](C)(C)C. The zero-order chi connectivity index (χ0) is 53.3. The number of esters is 1. The Kier molecular flexibility index (Phi) is 55.9. The molecule has 0 aliphatic carbocycles. The van der Waals surface area contributed by atoms with Gasteiger partial charge in [-0.05, 0) is 70.6 Å². The summed E-state index contributed by atoms with van der Waals surface area (Å²) in [5.41, 5.74) is 0. The van der Waals surface area contributed by atoms with Gasteiger partial charge in [-0.3, -0.25) is 9.36 Å². The van der Waals surface area contributed by atoms with E-state index in [2.05, 4.69) is 50.3 Å². The van der Waals surface area contributed by atoms with Gasteiger partial charge in [-0.1, -0.05) is 269 Å². The third-order valence-corrected chi connectivity index (χ3v) is 15.1. The topological polar surface area (TPSA) is 94.1 Å². The molecule has 9 heteroatoms. The fourth-order valence-corrected chi connectivity index (χ4v) is 10.0. The first-order valence-electron chi connectivity index (χ1n) is 31.7. The lowest BCUT2D eigenvalue weighted by Crippen LogP contribution is -2.37. The Morgan fingerprint density at radius 2 is 0.753 bits per heavy atom. The van der Waals surface area contributed by atoms with Crippen molar-refractivity contribution < 1.29 is 37.3 Å². The summed E-state index contributed by atoms with van der Waals surface area (Å²) >= 11 is 0. The van der Waals surface area contributed by atoms with Crippen LogP contribution < -0.4 is 4.89 Å². The molecule has 0 amide bonds. The highest BCUT2D eigenvalue weighted by Crippen LogP contribution is 2.38. The van der Waals surface area contributed by atoms with E-state index in [1.54, 1.807) is 0 Å². The number of carbonyl (C=O) groups excluding carboxylic acids is 1. The number of quaternary nitrogens is 1. The van der Waals surface area contributed by atoms with Crippen molar-refractivity contribution in [3.8, 4) is 0 Å². The number of nitrogens with zero attached hydrogens (tertiary/aromatic N) is 1. The van der Waals surface area contributed by atoms with E-state index in [4.69, 9.17) is 18.5 Å². The maximum absolute atomic E-state index is 12.8. The molecule has 0 bridgehead atoms. The van der Waals surface area contributed by atoms with E-state index in [0.717, 1.165) is 38.5 Å². The zero-order valence-corrected chi connectivity index (χ0v) is 50.3. The van der Waals surface area contributed by atoms with Gasteiger partial charge < -0.3 is 27.9 Å². The highest BCUT2D eigenvalue weighted by molar-refractivity contribution is 7.45. The fourth-order valence-electron chi connectivity index (χ4n) is 9.28. The van der Waals surface area contributed by atoms with Crippen LogP contribution in [0.3, 0.4) is 0 Å². The highest BCUT2D eigenvalue weighted by Gasteiger charge is 2.20. The van der Waals surface area contributed by atoms with Crippen LogP contribution in [-0.4, -0.2) is 70.7 Å². The van der Waals surface area contributed by atoms with E-state index in [0.29, 0.717) is 24.1 Å². The molecular weight excluding hydrogens is 926 g/mol. The Morgan fingerprint density at radius 1 is 0.425 bits per heavy atom. The first-order chi connectivity index (χ1) is 35.6. The van der Waals surface area contributed by atoms with E-state index in [-0.39, 0.29) is 25.8 Å². The van der Waals surface area contributed by atoms with Gasteiger partial charge in [0, 0.05) is 13.0 Å². The van der Waals surface area contributed by atoms with Gasteiger partial charge in [0.25, 0.3) is 7.82 Å². The predicted molar refractivity (Wildman–Crippen MR) is 314 cm³/mol. The summed E-state index contributed by atoms with van der Waals surface area (Å²) in [6.45, 7) is 5.47. The minimum Gasteiger partial charge on any atom is -0.756 e. The van der Waals surface area contributed by atoms with Crippen LogP contribution in [0, 0.1) is 0 Å². The third kappa shape index (κ3) is 61.5. The monoisotopic (exact) mass is 1050 g/mol. The van der Waals surface area contributed by atoms with Gasteiger partial charge in [0.1, 0.15) is 19.3 Å². The van der Waals surface area contributed by atoms with Crippen molar-refractivity contribution in [2.45, 2.75) is 315 Å². The van der Waals surface area contributed by atoms with Gasteiger partial charge in [-0.25, -0.2) is 0 Å². The molecule has 0 N–H and O–H groups in total. The van der Waals surface area contributed by atoms with Crippen molar-refractivity contribution in [3.05, 3.63) is 36.5 Å². The van der Waals surface area contributed by atoms with Crippen LogP contribution >= 0.6 is 7.82 Å². The summed E-state index contributed by atoms with van der Waals surface area (Å²) in [5, 5.41) is 0. The third-order valence-electron chi connectivity index (χ3n) is 14.2. The minimum absolute atomic E-state index is 0.0276. The lowest BCUT2D eigenvalue weighted by Gasteiger charge is -2.28. The number of rotatable bonds is 60. The molecule has 2 atom stereocenters. The van der Waals surface area contributed by atoms with Crippen LogP contribution in [0.4, 0.5) is 0 Å². The summed E-state index contributed by atoms with van der Waals surface area (Å²) in [4.78, 5) is 25.3. The first-order valence-corrected chi connectivity index (χ1v) is 33.2. The Hall–Kier alpha value is -1.28. The standard InChI is InChI=1S/C64H124NO7P/c1-6-8-10-12-14-16-18-20-22-24-26-28-30-32-34-36-38-40-42-44-46-48-50-52-54-56-59-69-61-63(62-71-73(67,68)70-60-58-65(3,4)5)72-64(66)57-55-53-51-49-47-45-43-41-39-37-35-33-31-29-27-25-23-21-19-17-15-13-11-9-7-2/h19,21,24-27,63H,6-18,20,22-23,28-62H2,1-5H3/b21-19-,26-24-,27-25-. The second-order valence-electron chi connectivity index (χ2n) is 22.8. The minimum atomic E-state index is -4.54. The molecule has 8 nitrogen and oxygen atoms in total. The van der Waals surface area contributed by atoms with Crippen molar-refractivity contribution in [1.82, 2.24) is 0 Å². The van der Waals surface area contributed by atoms with Crippen LogP contribution in [0.25, 0.3) is 0 Å². The molecule has 0 saturated heterocycles. The average Bonchev–Trinajstić information content (AvgIpc) is 3.35. The molecule has 0 aromatic rings. The molecule has 0 aliphatic rings. The Morgan fingerprint density at radius 3 is 1.12 bits per heavy atom. The summed E-state index contributed by atoms with van der Waals surface area (Å²) in [5.74, 6) is -0.329. The summed E-state index contributed by atoms with van der Waals surface area (Å²) < 4.78 is 34.9. The number of likely N-dealkylation sites (N-methyl/N-ethyl adjacent to an activating group) is 1. The van der Waals surface area contributed by atoms with E-state index in [9.17, 15) is 14.3 Å². The molecule has 432 valence electrons. The number of carbonyl (C=O) groups is 1. The molecule has 0 heterocycles. The Labute approximate surface area is 455 Å². The van der Waals surface area contributed by atoms with Crippen molar-refractivity contribution in [3.63, 3.8) is 0 Å². The van der Waals surface area contributed by atoms with Gasteiger partial charge in [0.15, 0.2) is 0 Å². The summed E-state index contributed by atoms with van der Waals surface area (Å²) in [6, 6.07) is 0. The molecule has 73 heavy (non-hydrogen) atoms. The molecule has 0 aliphatic heterocycles. The molecule has 0 spiro atoms. The second kappa shape index (κ2) is 56.9. The predicted octanol–water partition coefficient (Wildman–Crippen LogP) is 19.8. The lowest BCUT2D eigenvalue weighted by atomic mass is 10.0. The Balaban J connectivity index is 3.99. The van der Waals surface area contributed by atoms with Crippen LogP contribution in [0.1, 0.15) is 309 Å². The number of ether oxygens (including phenoxy) is 2. The van der Waals surface area contributed by atoms with Crippen molar-refractivity contribution in [2.24, 2.45) is 0 Å². The molecule has 0 aromatic carbocycles. The van der Waals surface area contributed by atoms with E-state index >= 15 is 0 Å². The summed E-state index contributed by atoms with van der Waals surface area (Å²) in [6.07, 6.45) is 72.0. The van der Waals surface area contributed by atoms with Crippen LogP contribution in [-0.2, 0) is 27.9 Å². The molecule has 2 unspecified atom stereocenters. The first kappa shape index (κ1) is 71.7. The van der Waals surface area contributed by atoms with Gasteiger partial charge in [-0.2, -0.15) is 0 Å². The molecule has 0 radical (unpaired) electrons. The van der Waals surface area contributed by atoms with E-state index in [1.165, 1.54) is 250 Å². The molecular formula is C64H124NO7P. The van der Waals surface area contributed by atoms with Gasteiger partial charge in [-0.15, -0.1) is 0 Å².